The van der Waals surface area contributed by atoms with E-state index in [1.165, 1.54) is 12.8 Å². The van der Waals surface area contributed by atoms with E-state index in [9.17, 15) is 4.79 Å². The Balaban J connectivity index is 2.45. The summed E-state index contributed by atoms with van der Waals surface area (Å²) >= 11 is 0. The number of carbonyl (C=O) groups is 1. The summed E-state index contributed by atoms with van der Waals surface area (Å²) < 4.78 is 0. The van der Waals surface area contributed by atoms with Crippen molar-refractivity contribution in [2.24, 2.45) is 17.1 Å². The Morgan fingerprint density at radius 1 is 1.53 bits per heavy atom. The molecule has 1 fully saturated rings. The van der Waals surface area contributed by atoms with Gasteiger partial charge in [0.15, 0.2) is 0 Å². The summed E-state index contributed by atoms with van der Waals surface area (Å²) in [6.45, 7) is 8.91. The van der Waals surface area contributed by atoms with Crippen LogP contribution in [-0.2, 0) is 4.79 Å². The monoisotopic (exact) mass is 240 g/mol. The molecule has 0 aromatic heterocycles. The Morgan fingerprint density at radius 2 is 2.18 bits per heavy atom. The highest BCUT2D eigenvalue weighted by atomic mass is 16.2. The van der Waals surface area contributed by atoms with Crippen molar-refractivity contribution in [1.82, 2.24) is 5.32 Å². The van der Waals surface area contributed by atoms with Gasteiger partial charge in [0.05, 0.1) is 6.04 Å². The third kappa shape index (κ3) is 4.30. The minimum atomic E-state index is -0.331. The van der Waals surface area contributed by atoms with E-state index in [1.807, 2.05) is 0 Å². The fourth-order valence-corrected chi connectivity index (χ4v) is 2.89. The van der Waals surface area contributed by atoms with E-state index in [4.69, 9.17) is 5.73 Å². The van der Waals surface area contributed by atoms with Crippen LogP contribution in [0.5, 0.6) is 0 Å². The topological polar surface area (TPSA) is 55.1 Å². The molecule has 0 aromatic rings. The van der Waals surface area contributed by atoms with Gasteiger partial charge in [-0.1, -0.05) is 34.1 Å². The van der Waals surface area contributed by atoms with Gasteiger partial charge in [0.1, 0.15) is 0 Å². The molecule has 3 nitrogen and oxygen atoms in total. The largest absolute Gasteiger partial charge is 0.352 e. The van der Waals surface area contributed by atoms with Gasteiger partial charge in [-0.15, -0.1) is 0 Å². The predicted molar refractivity (Wildman–Crippen MR) is 71.6 cm³/mol. The maximum Gasteiger partial charge on any atom is 0.237 e. The van der Waals surface area contributed by atoms with Crippen LogP contribution in [0.2, 0.25) is 0 Å². The summed E-state index contributed by atoms with van der Waals surface area (Å²) in [7, 11) is 0. The Labute approximate surface area is 106 Å². The Morgan fingerprint density at radius 3 is 2.71 bits per heavy atom. The van der Waals surface area contributed by atoms with Crippen LogP contribution in [0.25, 0.3) is 0 Å². The Bertz CT molecular complexity index is 263. The summed E-state index contributed by atoms with van der Waals surface area (Å²) in [5, 5.41) is 3.13. The Hall–Kier alpha value is -0.570. The zero-order valence-corrected chi connectivity index (χ0v) is 11.8. The molecule has 0 bridgehead atoms. The molecular weight excluding hydrogens is 212 g/mol. The van der Waals surface area contributed by atoms with E-state index in [-0.39, 0.29) is 11.9 Å². The normalized spacial score (nSPS) is 29.7. The molecule has 1 amide bonds. The van der Waals surface area contributed by atoms with Gasteiger partial charge in [-0.2, -0.15) is 0 Å². The molecule has 1 aliphatic rings. The van der Waals surface area contributed by atoms with Crippen molar-refractivity contribution in [3.05, 3.63) is 0 Å². The van der Waals surface area contributed by atoms with Crippen molar-refractivity contribution < 1.29 is 4.79 Å². The highest BCUT2D eigenvalue weighted by Crippen LogP contribution is 2.38. The summed E-state index contributed by atoms with van der Waals surface area (Å²) in [5.41, 5.74) is 6.25. The van der Waals surface area contributed by atoms with E-state index in [0.29, 0.717) is 17.4 Å². The molecule has 0 heterocycles. The van der Waals surface area contributed by atoms with Crippen LogP contribution in [-0.4, -0.2) is 18.0 Å². The lowest BCUT2D eigenvalue weighted by Crippen LogP contribution is -2.50. The minimum absolute atomic E-state index is 0.0309. The SMILES string of the molecule is CCC[C@H](N)C(=O)N[C@@H]1CCC(C)(C)C[C@@H]1C. The molecule has 0 saturated heterocycles. The van der Waals surface area contributed by atoms with Gasteiger partial charge in [-0.25, -0.2) is 0 Å². The molecule has 100 valence electrons. The summed E-state index contributed by atoms with van der Waals surface area (Å²) in [5.74, 6) is 0.583. The number of hydrogen-bond acceptors (Lipinski definition) is 2. The van der Waals surface area contributed by atoms with Gasteiger partial charge in [0, 0.05) is 6.04 Å². The van der Waals surface area contributed by atoms with Gasteiger partial charge < -0.3 is 11.1 Å². The highest BCUT2D eigenvalue weighted by molar-refractivity contribution is 5.81. The molecule has 0 aromatic carbocycles. The van der Waals surface area contributed by atoms with E-state index < -0.39 is 0 Å². The van der Waals surface area contributed by atoms with Gasteiger partial charge in [-0.05, 0) is 37.0 Å². The lowest BCUT2D eigenvalue weighted by atomic mass is 9.70. The number of hydrogen-bond donors (Lipinski definition) is 2. The van der Waals surface area contributed by atoms with Crippen LogP contribution in [0.3, 0.4) is 0 Å². The highest BCUT2D eigenvalue weighted by Gasteiger charge is 2.33. The minimum Gasteiger partial charge on any atom is -0.352 e. The lowest BCUT2D eigenvalue weighted by Gasteiger charge is -2.39. The van der Waals surface area contributed by atoms with Crippen molar-refractivity contribution in [3.8, 4) is 0 Å². The predicted octanol–water partition coefficient (Wildman–Crippen LogP) is 2.44. The van der Waals surface area contributed by atoms with Crippen LogP contribution >= 0.6 is 0 Å². The molecule has 1 rings (SSSR count). The number of rotatable bonds is 4. The standard InChI is InChI=1S/C14H28N2O/c1-5-6-11(15)13(17)16-12-7-8-14(3,4)9-10(12)2/h10-12H,5-9,15H2,1-4H3,(H,16,17)/t10-,11-,12+/m0/s1. The van der Waals surface area contributed by atoms with E-state index in [1.54, 1.807) is 0 Å². The van der Waals surface area contributed by atoms with Crippen LogP contribution in [0.1, 0.15) is 59.8 Å². The van der Waals surface area contributed by atoms with E-state index >= 15 is 0 Å². The average molecular weight is 240 g/mol. The molecule has 3 heteroatoms. The second-order valence-electron chi connectivity index (χ2n) is 6.39. The van der Waals surface area contributed by atoms with Crippen molar-refractivity contribution in [1.29, 1.82) is 0 Å². The summed E-state index contributed by atoms with van der Waals surface area (Å²) in [6, 6.07) is -0.0134. The number of amides is 1. The lowest BCUT2D eigenvalue weighted by molar-refractivity contribution is -0.124. The number of nitrogens with two attached hydrogens (primary N) is 1. The third-order valence-corrected chi connectivity index (χ3v) is 3.96. The Kier molecular flexibility index (Phi) is 4.99. The summed E-state index contributed by atoms with van der Waals surface area (Å²) in [6.07, 6.45) is 5.19. The second kappa shape index (κ2) is 5.85. The van der Waals surface area contributed by atoms with Crippen molar-refractivity contribution in [2.75, 3.05) is 0 Å². The first-order chi connectivity index (χ1) is 7.85. The third-order valence-electron chi connectivity index (χ3n) is 3.96. The molecular formula is C14H28N2O. The first kappa shape index (κ1) is 14.5. The molecule has 3 N–H and O–H groups in total. The van der Waals surface area contributed by atoms with E-state index in [2.05, 4.69) is 33.0 Å². The molecule has 0 radical (unpaired) electrons. The molecule has 0 aliphatic heterocycles. The van der Waals surface area contributed by atoms with Gasteiger partial charge >= 0.3 is 0 Å². The van der Waals surface area contributed by atoms with Gasteiger partial charge in [0.2, 0.25) is 5.91 Å². The van der Waals surface area contributed by atoms with Crippen LogP contribution in [0.15, 0.2) is 0 Å². The van der Waals surface area contributed by atoms with Crippen LogP contribution in [0.4, 0.5) is 0 Å². The number of carbonyl (C=O) groups excluding carboxylic acids is 1. The zero-order valence-electron chi connectivity index (χ0n) is 11.8. The summed E-state index contributed by atoms with van der Waals surface area (Å²) in [4.78, 5) is 11.9. The molecule has 1 aliphatic carbocycles. The second-order valence-corrected chi connectivity index (χ2v) is 6.39. The first-order valence-electron chi connectivity index (χ1n) is 6.91. The maximum atomic E-state index is 11.9. The molecule has 17 heavy (non-hydrogen) atoms. The van der Waals surface area contributed by atoms with Gasteiger partial charge in [-0.3, -0.25) is 4.79 Å². The van der Waals surface area contributed by atoms with Crippen LogP contribution < -0.4 is 11.1 Å². The molecule has 1 saturated carbocycles. The van der Waals surface area contributed by atoms with Crippen molar-refractivity contribution >= 4 is 5.91 Å². The fourth-order valence-electron chi connectivity index (χ4n) is 2.89. The molecule has 3 atom stereocenters. The van der Waals surface area contributed by atoms with Crippen molar-refractivity contribution in [2.45, 2.75) is 71.9 Å². The zero-order chi connectivity index (χ0) is 13.1. The smallest absolute Gasteiger partial charge is 0.237 e. The quantitative estimate of drug-likeness (QED) is 0.793. The average Bonchev–Trinajstić information content (AvgIpc) is 2.21. The molecule has 0 spiro atoms. The van der Waals surface area contributed by atoms with Crippen LogP contribution in [0, 0.1) is 11.3 Å². The number of nitrogens with one attached hydrogen (secondary N) is 1. The van der Waals surface area contributed by atoms with E-state index in [0.717, 1.165) is 19.3 Å². The maximum absolute atomic E-state index is 11.9. The first-order valence-corrected chi connectivity index (χ1v) is 6.91. The van der Waals surface area contributed by atoms with Crippen molar-refractivity contribution in [3.63, 3.8) is 0 Å². The van der Waals surface area contributed by atoms with Gasteiger partial charge in [0.25, 0.3) is 0 Å². The fraction of sp³-hybridized carbons (Fsp3) is 0.929. The molecule has 0 unspecified atom stereocenters.